The molecule has 1 aliphatic rings. The summed E-state index contributed by atoms with van der Waals surface area (Å²) in [7, 11) is -2.93. The average Bonchev–Trinajstić information content (AvgIpc) is 2.56. The van der Waals surface area contributed by atoms with Gasteiger partial charge in [-0.05, 0) is 31.0 Å². The third kappa shape index (κ3) is 3.22. The van der Waals surface area contributed by atoms with Gasteiger partial charge in [-0.2, -0.15) is 0 Å². The summed E-state index contributed by atoms with van der Waals surface area (Å²) in [6.07, 6.45) is 0.589. The molecule has 1 aromatic carbocycles. The lowest BCUT2D eigenvalue weighted by Gasteiger charge is -2.24. The fourth-order valence-electron chi connectivity index (χ4n) is 2.11. The van der Waals surface area contributed by atoms with E-state index in [1.165, 1.54) is 12.1 Å². The molecule has 1 N–H and O–H groups in total. The van der Waals surface area contributed by atoms with Crippen molar-refractivity contribution in [3.8, 4) is 0 Å². The van der Waals surface area contributed by atoms with E-state index in [4.69, 9.17) is 11.6 Å². The zero-order chi connectivity index (χ0) is 13.4. The van der Waals surface area contributed by atoms with Gasteiger partial charge in [0.1, 0.15) is 5.82 Å². The van der Waals surface area contributed by atoms with Crippen LogP contribution in [0, 0.1) is 5.82 Å². The molecule has 1 atom stereocenters. The number of hydrogen-bond donors (Lipinski definition) is 1. The van der Waals surface area contributed by atoms with Crippen LogP contribution in [0.3, 0.4) is 0 Å². The Morgan fingerprint density at radius 3 is 2.78 bits per heavy atom. The Labute approximate surface area is 111 Å². The highest BCUT2D eigenvalue weighted by Crippen LogP contribution is 2.23. The average molecular weight is 292 g/mol. The molecular weight excluding hydrogens is 277 g/mol. The summed E-state index contributed by atoms with van der Waals surface area (Å²) in [5.41, 5.74) is 0.331. The van der Waals surface area contributed by atoms with Gasteiger partial charge >= 0.3 is 0 Å². The van der Waals surface area contributed by atoms with Crippen molar-refractivity contribution in [2.45, 2.75) is 25.4 Å². The van der Waals surface area contributed by atoms with Crippen molar-refractivity contribution in [2.24, 2.45) is 0 Å². The Hall–Kier alpha value is -0.650. The lowest BCUT2D eigenvalue weighted by Crippen LogP contribution is -2.42. The zero-order valence-corrected chi connectivity index (χ0v) is 11.6. The summed E-state index contributed by atoms with van der Waals surface area (Å²) in [4.78, 5) is 0. The van der Waals surface area contributed by atoms with Crippen molar-refractivity contribution < 1.29 is 12.8 Å². The fourth-order valence-corrected chi connectivity index (χ4v) is 4.36. The maximum absolute atomic E-state index is 13.2. The van der Waals surface area contributed by atoms with Crippen LogP contribution in [0.4, 0.5) is 4.39 Å². The SMILES string of the molecule is CC1(NCc2ccc(Cl)c(F)c2)CCS(=O)(=O)C1. The quantitative estimate of drug-likeness (QED) is 0.928. The molecule has 0 radical (unpaired) electrons. The number of sulfone groups is 1. The highest BCUT2D eigenvalue weighted by Gasteiger charge is 2.37. The summed E-state index contributed by atoms with van der Waals surface area (Å²) >= 11 is 5.60. The smallest absolute Gasteiger partial charge is 0.152 e. The molecule has 1 saturated heterocycles. The number of rotatable bonds is 3. The third-order valence-electron chi connectivity index (χ3n) is 3.21. The lowest BCUT2D eigenvalue weighted by molar-refractivity contribution is 0.395. The first kappa shape index (κ1) is 13.8. The number of halogens is 2. The minimum absolute atomic E-state index is 0.0911. The topological polar surface area (TPSA) is 46.2 Å². The molecule has 18 heavy (non-hydrogen) atoms. The second-order valence-corrected chi connectivity index (χ2v) is 7.60. The van der Waals surface area contributed by atoms with Crippen molar-refractivity contribution in [1.82, 2.24) is 5.32 Å². The molecule has 0 amide bonds. The largest absolute Gasteiger partial charge is 0.306 e. The molecule has 1 aliphatic heterocycles. The van der Waals surface area contributed by atoms with Gasteiger partial charge in [0.15, 0.2) is 9.84 Å². The molecule has 3 nitrogen and oxygen atoms in total. The lowest BCUT2D eigenvalue weighted by atomic mass is 10.0. The molecular formula is C12H15ClFNO2S. The fraction of sp³-hybridized carbons (Fsp3) is 0.500. The zero-order valence-electron chi connectivity index (χ0n) is 10.0. The first-order valence-electron chi connectivity index (χ1n) is 5.69. The minimum Gasteiger partial charge on any atom is -0.306 e. The van der Waals surface area contributed by atoms with Gasteiger partial charge < -0.3 is 5.32 Å². The summed E-state index contributed by atoms with van der Waals surface area (Å²) < 4.78 is 36.1. The summed E-state index contributed by atoms with van der Waals surface area (Å²) in [5, 5.41) is 3.28. The molecule has 0 aliphatic carbocycles. The van der Waals surface area contributed by atoms with Crippen molar-refractivity contribution in [3.05, 3.63) is 34.6 Å². The van der Waals surface area contributed by atoms with Crippen molar-refractivity contribution in [2.75, 3.05) is 11.5 Å². The Morgan fingerprint density at radius 2 is 2.22 bits per heavy atom. The van der Waals surface area contributed by atoms with E-state index >= 15 is 0 Å². The van der Waals surface area contributed by atoms with E-state index in [0.29, 0.717) is 13.0 Å². The Bertz CT molecular complexity index is 561. The highest BCUT2D eigenvalue weighted by atomic mass is 35.5. The minimum atomic E-state index is -2.93. The van der Waals surface area contributed by atoms with E-state index < -0.39 is 21.2 Å². The second-order valence-electron chi connectivity index (χ2n) is 5.00. The van der Waals surface area contributed by atoms with Crippen LogP contribution in [0.5, 0.6) is 0 Å². The predicted octanol–water partition coefficient (Wildman–Crippen LogP) is 2.15. The molecule has 0 spiro atoms. The van der Waals surface area contributed by atoms with Gasteiger partial charge in [0.25, 0.3) is 0 Å². The number of nitrogens with one attached hydrogen (secondary N) is 1. The predicted molar refractivity (Wildman–Crippen MR) is 69.9 cm³/mol. The van der Waals surface area contributed by atoms with E-state index in [0.717, 1.165) is 5.56 Å². The van der Waals surface area contributed by atoms with E-state index in [9.17, 15) is 12.8 Å². The van der Waals surface area contributed by atoms with Crippen LogP contribution in [0.1, 0.15) is 18.9 Å². The normalized spacial score (nSPS) is 26.4. The van der Waals surface area contributed by atoms with Gasteiger partial charge in [-0.25, -0.2) is 12.8 Å². The van der Waals surface area contributed by atoms with E-state index in [1.54, 1.807) is 6.07 Å². The van der Waals surface area contributed by atoms with Crippen molar-refractivity contribution in [3.63, 3.8) is 0 Å². The molecule has 0 saturated carbocycles. The van der Waals surface area contributed by atoms with Crippen LogP contribution >= 0.6 is 11.6 Å². The van der Waals surface area contributed by atoms with E-state index in [-0.39, 0.29) is 16.5 Å². The van der Waals surface area contributed by atoms with E-state index in [1.807, 2.05) is 6.92 Å². The van der Waals surface area contributed by atoms with Gasteiger partial charge in [-0.3, -0.25) is 0 Å². The summed E-state index contributed by atoms with van der Waals surface area (Å²) in [5.74, 6) is -0.109. The van der Waals surface area contributed by atoms with Crippen LogP contribution in [-0.2, 0) is 16.4 Å². The van der Waals surface area contributed by atoms with Crippen molar-refractivity contribution in [1.29, 1.82) is 0 Å². The third-order valence-corrected chi connectivity index (χ3v) is 5.42. The summed E-state index contributed by atoms with van der Waals surface area (Å²) in [6, 6.07) is 4.59. The molecule has 0 bridgehead atoms. The first-order chi connectivity index (χ1) is 8.30. The van der Waals surface area contributed by atoms with Gasteiger partial charge in [0, 0.05) is 12.1 Å². The summed E-state index contributed by atoms with van der Waals surface area (Å²) in [6.45, 7) is 2.31. The second kappa shape index (κ2) is 4.79. The van der Waals surface area contributed by atoms with Crippen molar-refractivity contribution >= 4 is 21.4 Å². The molecule has 2 rings (SSSR count). The molecule has 6 heteroatoms. The van der Waals surface area contributed by atoms with Gasteiger partial charge in [-0.15, -0.1) is 0 Å². The first-order valence-corrected chi connectivity index (χ1v) is 7.89. The molecule has 1 heterocycles. The van der Waals surface area contributed by atoms with Crippen LogP contribution in [-0.4, -0.2) is 25.5 Å². The molecule has 1 aromatic rings. The number of benzene rings is 1. The maximum atomic E-state index is 13.2. The van der Waals surface area contributed by atoms with E-state index in [2.05, 4.69) is 5.32 Å². The van der Waals surface area contributed by atoms with Crippen LogP contribution < -0.4 is 5.32 Å². The Kier molecular flexibility index (Phi) is 3.67. The Balaban J connectivity index is 2.02. The highest BCUT2D eigenvalue weighted by molar-refractivity contribution is 7.91. The molecule has 100 valence electrons. The Morgan fingerprint density at radius 1 is 1.50 bits per heavy atom. The van der Waals surface area contributed by atoms with Gasteiger partial charge in [-0.1, -0.05) is 17.7 Å². The molecule has 1 fully saturated rings. The van der Waals surface area contributed by atoms with Gasteiger partial charge in [0.05, 0.1) is 16.5 Å². The van der Waals surface area contributed by atoms with Gasteiger partial charge in [0.2, 0.25) is 0 Å². The van der Waals surface area contributed by atoms with Crippen LogP contribution in [0.2, 0.25) is 5.02 Å². The molecule has 0 aromatic heterocycles. The molecule has 1 unspecified atom stereocenters. The maximum Gasteiger partial charge on any atom is 0.152 e. The van der Waals surface area contributed by atoms with Crippen LogP contribution in [0.15, 0.2) is 18.2 Å². The number of hydrogen-bond acceptors (Lipinski definition) is 3. The standard InChI is InChI=1S/C12H15ClFNO2S/c1-12(4-5-18(16,17)8-12)15-7-9-2-3-10(13)11(14)6-9/h2-3,6,15H,4-5,7-8H2,1H3. The van der Waals surface area contributed by atoms with Crippen LogP contribution in [0.25, 0.3) is 0 Å². The monoisotopic (exact) mass is 291 g/mol.